The lowest BCUT2D eigenvalue weighted by Gasteiger charge is -2.19. The quantitative estimate of drug-likeness (QED) is 0.814. The lowest BCUT2D eigenvalue weighted by Crippen LogP contribution is -2.26. The van der Waals surface area contributed by atoms with Crippen LogP contribution in [0.4, 0.5) is 4.39 Å². The molecule has 2 aromatic carbocycles. The van der Waals surface area contributed by atoms with E-state index in [-0.39, 0.29) is 17.4 Å². The highest BCUT2D eigenvalue weighted by atomic mass is 79.9. The number of halogens is 2. The van der Waals surface area contributed by atoms with E-state index in [2.05, 4.69) is 21.0 Å². The molecular formula is C16H12BrFN2O2. The van der Waals surface area contributed by atoms with E-state index in [0.717, 1.165) is 9.48 Å². The summed E-state index contributed by atoms with van der Waals surface area (Å²) in [6.07, 6.45) is -0.891. The van der Waals surface area contributed by atoms with Crippen LogP contribution in [-0.2, 0) is 9.53 Å². The average molecular weight is 363 g/mol. The third-order valence-corrected chi connectivity index (χ3v) is 3.76. The Morgan fingerprint density at radius 3 is 2.55 bits per heavy atom. The largest absolute Gasteiger partial charge is 0.446 e. The first-order valence-electron chi connectivity index (χ1n) is 6.61. The van der Waals surface area contributed by atoms with E-state index in [9.17, 15) is 9.18 Å². The average Bonchev–Trinajstić information content (AvgIpc) is 2.93. The summed E-state index contributed by atoms with van der Waals surface area (Å²) >= 11 is 3.35. The fourth-order valence-electron chi connectivity index (χ4n) is 2.15. The van der Waals surface area contributed by atoms with E-state index >= 15 is 0 Å². The molecule has 6 heteroatoms. The van der Waals surface area contributed by atoms with E-state index in [0.29, 0.717) is 5.56 Å². The van der Waals surface area contributed by atoms with Crippen LogP contribution in [0.5, 0.6) is 0 Å². The topological polar surface area (TPSA) is 41.9 Å². The lowest BCUT2D eigenvalue weighted by molar-refractivity contribution is -0.135. The summed E-state index contributed by atoms with van der Waals surface area (Å²) in [5.41, 5.74) is 0.988. The Morgan fingerprint density at radius 2 is 1.91 bits per heavy atom. The summed E-state index contributed by atoms with van der Waals surface area (Å²) in [7, 11) is 0. The fraction of sp³-hybridized carbons (Fsp3) is 0.125. The molecule has 0 radical (unpaired) electrons. The van der Waals surface area contributed by atoms with E-state index < -0.39 is 12.0 Å². The smallest absolute Gasteiger partial charge is 0.243 e. The maximum absolute atomic E-state index is 14.0. The second-order valence-corrected chi connectivity index (χ2v) is 5.68. The predicted molar refractivity (Wildman–Crippen MR) is 83.4 cm³/mol. The zero-order chi connectivity index (χ0) is 15.7. The Labute approximate surface area is 135 Å². The molecule has 1 heterocycles. The molecule has 1 aliphatic heterocycles. The molecule has 4 nitrogen and oxygen atoms in total. The Kier molecular flexibility index (Phi) is 3.94. The molecule has 0 spiro atoms. The Bertz CT molecular complexity index is 746. The maximum Gasteiger partial charge on any atom is 0.243 e. The van der Waals surface area contributed by atoms with Crippen molar-refractivity contribution in [1.82, 2.24) is 5.01 Å². The first-order chi connectivity index (χ1) is 10.6. The van der Waals surface area contributed by atoms with Gasteiger partial charge < -0.3 is 4.74 Å². The number of rotatable bonds is 2. The number of benzene rings is 2. The molecule has 0 aromatic heterocycles. The maximum atomic E-state index is 14.0. The Hall–Kier alpha value is -2.21. The SMILES string of the molecule is CC(=O)N1N=C(c2ccc(Br)cc2)OC1c1ccccc1F. The zero-order valence-corrected chi connectivity index (χ0v) is 13.2. The van der Waals surface area contributed by atoms with Crippen molar-refractivity contribution >= 4 is 27.7 Å². The van der Waals surface area contributed by atoms with Crippen LogP contribution in [0.1, 0.15) is 24.3 Å². The van der Waals surface area contributed by atoms with Gasteiger partial charge in [-0.25, -0.2) is 4.39 Å². The standard InChI is InChI=1S/C16H12BrFN2O2/c1-10(21)20-16(13-4-2-3-5-14(13)18)22-15(19-20)11-6-8-12(17)9-7-11/h2-9,16H,1H3. The number of nitrogens with zero attached hydrogens (tertiary/aromatic N) is 2. The van der Waals surface area contributed by atoms with E-state index in [4.69, 9.17) is 4.74 Å². The molecule has 0 fully saturated rings. The Morgan fingerprint density at radius 1 is 1.23 bits per heavy atom. The van der Waals surface area contributed by atoms with Crippen molar-refractivity contribution in [3.05, 3.63) is 69.9 Å². The fourth-order valence-corrected chi connectivity index (χ4v) is 2.42. The van der Waals surface area contributed by atoms with Crippen molar-refractivity contribution in [2.45, 2.75) is 13.2 Å². The summed E-state index contributed by atoms with van der Waals surface area (Å²) < 4.78 is 20.6. The van der Waals surface area contributed by atoms with Gasteiger partial charge in [0.1, 0.15) is 5.82 Å². The van der Waals surface area contributed by atoms with Crippen LogP contribution in [0, 0.1) is 5.82 Å². The van der Waals surface area contributed by atoms with Gasteiger partial charge in [-0.3, -0.25) is 4.79 Å². The van der Waals surface area contributed by atoms with Crippen molar-refractivity contribution in [3.63, 3.8) is 0 Å². The highest BCUT2D eigenvalue weighted by Gasteiger charge is 2.34. The molecule has 3 rings (SSSR count). The molecule has 1 unspecified atom stereocenters. The number of carbonyl (C=O) groups is 1. The normalized spacial score (nSPS) is 17.1. The van der Waals surface area contributed by atoms with Gasteiger partial charge in [0.2, 0.25) is 18.0 Å². The minimum atomic E-state index is -0.891. The summed E-state index contributed by atoms with van der Waals surface area (Å²) in [4.78, 5) is 11.8. The van der Waals surface area contributed by atoms with Crippen LogP contribution in [0.3, 0.4) is 0 Å². The van der Waals surface area contributed by atoms with Gasteiger partial charge >= 0.3 is 0 Å². The van der Waals surface area contributed by atoms with Crippen LogP contribution in [0.15, 0.2) is 58.1 Å². The molecule has 0 bridgehead atoms. The number of ether oxygens (including phenoxy) is 1. The molecule has 0 aliphatic carbocycles. The highest BCUT2D eigenvalue weighted by Crippen LogP contribution is 2.31. The predicted octanol–water partition coefficient (Wildman–Crippen LogP) is 3.83. The van der Waals surface area contributed by atoms with Crippen molar-refractivity contribution < 1.29 is 13.9 Å². The molecule has 0 saturated carbocycles. The number of carbonyl (C=O) groups excluding carboxylic acids is 1. The molecule has 0 saturated heterocycles. The van der Waals surface area contributed by atoms with Crippen molar-refractivity contribution in [3.8, 4) is 0 Å². The molecular weight excluding hydrogens is 351 g/mol. The highest BCUT2D eigenvalue weighted by molar-refractivity contribution is 9.10. The van der Waals surface area contributed by atoms with Crippen LogP contribution in [-0.4, -0.2) is 16.8 Å². The third-order valence-electron chi connectivity index (χ3n) is 3.23. The van der Waals surface area contributed by atoms with Crippen LogP contribution in [0.25, 0.3) is 0 Å². The van der Waals surface area contributed by atoms with Gasteiger partial charge in [-0.2, -0.15) is 5.01 Å². The van der Waals surface area contributed by atoms with E-state index in [1.54, 1.807) is 18.2 Å². The first-order valence-corrected chi connectivity index (χ1v) is 7.41. The minimum absolute atomic E-state index is 0.272. The zero-order valence-electron chi connectivity index (χ0n) is 11.7. The van der Waals surface area contributed by atoms with Crippen molar-refractivity contribution in [2.24, 2.45) is 5.10 Å². The summed E-state index contributed by atoms with van der Waals surface area (Å²) in [6, 6.07) is 13.5. The van der Waals surface area contributed by atoms with Crippen LogP contribution in [0.2, 0.25) is 0 Å². The molecule has 1 amide bonds. The molecule has 112 valence electrons. The summed E-state index contributed by atoms with van der Waals surface area (Å²) in [5.74, 6) is -0.470. The number of hydrogen-bond acceptors (Lipinski definition) is 3. The van der Waals surface area contributed by atoms with Gasteiger partial charge in [0.15, 0.2) is 0 Å². The number of hydrazone groups is 1. The van der Waals surface area contributed by atoms with Crippen molar-refractivity contribution in [2.75, 3.05) is 0 Å². The van der Waals surface area contributed by atoms with E-state index in [1.165, 1.54) is 13.0 Å². The minimum Gasteiger partial charge on any atom is -0.446 e. The molecule has 2 aromatic rings. The van der Waals surface area contributed by atoms with Gasteiger partial charge in [0, 0.05) is 17.0 Å². The third kappa shape index (κ3) is 2.74. The summed E-state index contributed by atoms with van der Waals surface area (Å²) in [6.45, 7) is 1.37. The van der Waals surface area contributed by atoms with Gasteiger partial charge in [-0.15, -0.1) is 5.10 Å². The second kappa shape index (κ2) is 5.88. The van der Waals surface area contributed by atoms with Crippen LogP contribution < -0.4 is 0 Å². The van der Waals surface area contributed by atoms with Crippen LogP contribution >= 0.6 is 15.9 Å². The van der Waals surface area contributed by atoms with Gasteiger partial charge in [-0.05, 0) is 30.3 Å². The number of amides is 1. The van der Waals surface area contributed by atoms with E-state index in [1.807, 2.05) is 24.3 Å². The number of hydrogen-bond donors (Lipinski definition) is 0. The first kappa shape index (κ1) is 14.7. The van der Waals surface area contributed by atoms with Gasteiger partial charge in [0.25, 0.3) is 0 Å². The molecule has 0 N–H and O–H groups in total. The van der Waals surface area contributed by atoms with Crippen molar-refractivity contribution in [1.29, 1.82) is 0 Å². The molecule has 22 heavy (non-hydrogen) atoms. The molecule has 1 atom stereocenters. The molecule has 1 aliphatic rings. The van der Waals surface area contributed by atoms with Gasteiger partial charge in [-0.1, -0.05) is 34.1 Å². The Balaban J connectivity index is 1.96. The summed E-state index contributed by atoms with van der Waals surface area (Å²) in [5, 5.41) is 5.33. The lowest BCUT2D eigenvalue weighted by atomic mass is 10.2. The monoisotopic (exact) mass is 362 g/mol. The second-order valence-electron chi connectivity index (χ2n) is 4.77. The van der Waals surface area contributed by atoms with Gasteiger partial charge in [0.05, 0.1) is 5.56 Å².